The first-order valence-corrected chi connectivity index (χ1v) is 12.3. The van der Waals surface area contributed by atoms with Gasteiger partial charge in [0.05, 0.1) is 0 Å². The zero-order chi connectivity index (χ0) is 22.4. The molecule has 1 aliphatic heterocycles. The van der Waals surface area contributed by atoms with Crippen LogP contribution in [0, 0.1) is 6.92 Å². The standard InChI is InChI=1S/C27H24N4OS/c1-17-8-2-4-12-20(17)25-24-22(14-7-15-23(24)32)28-26-29-27(30-31(25)26)33-16-19-11-6-10-18-9-3-5-13-21(18)19/h2-6,8-13,25H,7,14-16H2,1H3,(H,28,29,30). The highest BCUT2D eigenvalue weighted by Crippen LogP contribution is 2.41. The molecule has 1 atom stereocenters. The number of allylic oxidation sites excluding steroid dienone is 2. The first-order valence-electron chi connectivity index (χ1n) is 11.3. The number of carbonyl (C=O) groups excluding carboxylic acids is 1. The van der Waals surface area contributed by atoms with Gasteiger partial charge < -0.3 is 5.32 Å². The van der Waals surface area contributed by atoms with Gasteiger partial charge >= 0.3 is 0 Å². The van der Waals surface area contributed by atoms with E-state index in [4.69, 9.17) is 10.1 Å². The molecular weight excluding hydrogens is 428 g/mol. The largest absolute Gasteiger partial charge is 0.328 e. The third-order valence-corrected chi connectivity index (χ3v) is 7.45. The van der Waals surface area contributed by atoms with E-state index in [-0.39, 0.29) is 11.8 Å². The Kier molecular flexibility index (Phi) is 5.03. The third kappa shape index (κ3) is 3.55. The highest BCUT2D eigenvalue weighted by molar-refractivity contribution is 7.98. The molecule has 0 saturated heterocycles. The minimum absolute atomic E-state index is 0.211. The minimum Gasteiger partial charge on any atom is -0.328 e. The number of hydrogen-bond acceptors (Lipinski definition) is 5. The van der Waals surface area contributed by atoms with Gasteiger partial charge in [0.1, 0.15) is 6.04 Å². The van der Waals surface area contributed by atoms with Crippen LogP contribution in [0.25, 0.3) is 10.8 Å². The number of aryl methyl sites for hydroxylation is 1. The van der Waals surface area contributed by atoms with E-state index in [2.05, 4.69) is 66.8 Å². The number of ketones is 1. The van der Waals surface area contributed by atoms with Gasteiger partial charge in [-0.3, -0.25) is 4.79 Å². The third-order valence-electron chi connectivity index (χ3n) is 6.57. The predicted octanol–water partition coefficient (Wildman–Crippen LogP) is 6.05. The van der Waals surface area contributed by atoms with Gasteiger partial charge in [0.25, 0.3) is 0 Å². The molecule has 1 aromatic heterocycles. The molecule has 0 amide bonds. The Morgan fingerprint density at radius 3 is 2.76 bits per heavy atom. The molecular formula is C27H24N4OS. The monoisotopic (exact) mass is 452 g/mol. The lowest BCUT2D eigenvalue weighted by atomic mass is 9.84. The molecule has 0 spiro atoms. The molecule has 0 saturated carbocycles. The van der Waals surface area contributed by atoms with Gasteiger partial charge in [-0.25, -0.2) is 4.68 Å². The van der Waals surface area contributed by atoms with Crippen molar-refractivity contribution in [1.82, 2.24) is 14.8 Å². The quantitative estimate of drug-likeness (QED) is 0.382. The number of benzene rings is 3. The van der Waals surface area contributed by atoms with Crippen molar-refractivity contribution in [2.24, 2.45) is 0 Å². The summed E-state index contributed by atoms with van der Waals surface area (Å²) >= 11 is 1.63. The van der Waals surface area contributed by atoms with Crippen LogP contribution in [-0.4, -0.2) is 20.5 Å². The van der Waals surface area contributed by atoms with Crippen LogP contribution in [0.4, 0.5) is 5.95 Å². The number of nitrogens with zero attached hydrogens (tertiary/aromatic N) is 3. The van der Waals surface area contributed by atoms with Crippen molar-refractivity contribution in [3.8, 4) is 0 Å². The summed E-state index contributed by atoms with van der Waals surface area (Å²) < 4.78 is 1.91. The number of anilines is 1. The number of nitrogens with one attached hydrogen (secondary N) is 1. The van der Waals surface area contributed by atoms with Crippen molar-refractivity contribution in [2.45, 2.75) is 43.1 Å². The van der Waals surface area contributed by atoms with Gasteiger partial charge in [-0.15, -0.1) is 5.10 Å². The summed E-state index contributed by atoms with van der Waals surface area (Å²) in [6, 6.07) is 22.9. The SMILES string of the molecule is Cc1ccccc1C1C2=C(CCCC2=O)Nc2nc(SCc3cccc4ccccc34)nn21. The molecule has 1 N–H and O–H groups in total. The smallest absolute Gasteiger partial charge is 0.227 e. The lowest BCUT2D eigenvalue weighted by molar-refractivity contribution is -0.116. The number of carbonyl (C=O) groups is 1. The molecule has 164 valence electrons. The fourth-order valence-electron chi connectivity index (χ4n) is 4.94. The number of thioether (sulfide) groups is 1. The highest BCUT2D eigenvalue weighted by atomic mass is 32.2. The van der Waals surface area contributed by atoms with Crippen molar-refractivity contribution < 1.29 is 4.79 Å². The van der Waals surface area contributed by atoms with Crippen LogP contribution in [0.3, 0.4) is 0 Å². The van der Waals surface area contributed by atoms with Gasteiger partial charge in [-0.1, -0.05) is 78.5 Å². The molecule has 0 radical (unpaired) electrons. The number of hydrogen-bond donors (Lipinski definition) is 1. The van der Waals surface area contributed by atoms with E-state index in [1.54, 1.807) is 11.8 Å². The Labute approximate surface area is 196 Å². The number of fused-ring (bicyclic) bond motifs is 2. The number of aromatic nitrogens is 3. The average Bonchev–Trinajstić information content (AvgIpc) is 3.25. The zero-order valence-electron chi connectivity index (χ0n) is 18.4. The topological polar surface area (TPSA) is 59.8 Å². The molecule has 1 unspecified atom stereocenters. The summed E-state index contributed by atoms with van der Waals surface area (Å²) in [5.41, 5.74) is 5.38. The van der Waals surface area contributed by atoms with Crippen LogP contribution in [0.5, 0.6) is 0 Å². The second-order valence-corrected chi connectivity index (χ2v) is 9.59. The molecule has 33 heavy (non-hydrogen) atoms. The summed E-state index contributed by atoms with van der Waals surface area (Å²) in [5, 5.41) is 11.5. The molecule has 6 heteroatoms. The van der Waals surface area contributed by atoms with Crippen molar-refractivity contribution in [2.75, 3.05) is 5.32 Å². The minimum atomic E-state index is -0.232. The van der Waals surface area contributed by atoms with Crippen molar-refractivity contribution in [3.05, 3.63) is 94.7 Å². The molecule has 2 aliphatic rings. The van der Waals surface area contributed by atoms with Crippen LogP contribution in [0.15, 0.2) is 83.2 Å². The fourth-order valence-corrected chi connectivity index (χ4v) is 5.77. The Hall–Kier alpha value is -3.38. The van der Waals surface area contributed by atoms with Gasteiger partial charge in [-0.05, 0) is 47.2 Å². The van der Waals surface area contributed by atoms with Crippen LogP contribution in [0.2, 0.25) is 0 Å². The summed E-state index contributed by atoms with van der Waals surface area (Å²) in [6.07, 6.45) is 2.34. The maximum absolute atomic E-state index is 13.0. The summed E-state index contributed by atoms with van der Waals surface area (Å²) in [5.74, 6) is 1.71. The molecule has 1 aliphatic carbocycles. The van der Waals surface area contributed by atoms with Crippen molar-refractivity contribution >= 4 is 34.3 Å². The first kappa shape index (κ1) is 20.2. The van der Waals surface area contributed by atoms with Gasteiger partial charge in [0, 0.05) is 23.4 Å². The molecule has 0 fully saturated rings. The maximum atomic E-state index is 13.0. The lowest BCUT2D eigenvalue weighted by Crippen LogP contribution is -2.31. The second-order valence-electron chi connectivity index (χ2n) is 8.64. The molecule has 3 aromatic carbocycles. The first-order chi connectivity index (χ1) is 16.2. The fraction of sp³-hybridized carbons (Fsp3) is 0.222. The lowest BCUT2D eigenvalue weighted by Gasteiger charge is -2.32. The molecule has 0 bridgehead atoms. The van der Waals surface area contributed by atoms with E-state index in [9.17, 15) is 4.79 Å². The van der Waals surface area contributed by atoms with Crippen molar-refractivity contribution in [3.63, 3.8) is 0 Å². The van der Waals surface area contributed by atoms with Crippen LogP contribution >= 0.6 is 11.8 Å². The van der Waals surface area contributed by atoms with Gasteiger partial charge in [-0.2, -0.15) is 4.98 Å². The zero-order valence-corrected chi connectivity index (χ0v) is 19.2. The van der Waals surface area contributed by atoms with Crippen LogP contribution in [0.1, 0.15) is 42.0 Å². The maximum Gasteiger partial charge on any atom is 0.227 e. The normalized spacial score (nSPS) is 17.6. The van der Waals surface area contributed by atoms with Crippen LogP contribution < -0.4 is 5.32 Å². The number of Topliss-reactive ketones (excluding diaryl/α,β-unsaturated/α-hetero) is 1. The molecule has 2 heterocycles. The van der Waals surface area contributed by atoms with E-state index in [1.807, 2.05) is 16.8 Å². The Balaban J connectivity index is 1.37. The predicted molar refractivity (Wildman–Crippen MR) is 132 cm³/mol. The second kappa shape index (κ2) is 8.19. The Bertz CT molecular complexity index is 1420. The van der Waals surface area contributed by atoms with E-state index in [1.165, 1.54) is 16.3 Å². The summed E-state index contributed by atoms with van der Waals surface area (Å²) in [6.45, 7) is 2.09. The molecule has 5 nitrogen and oxygen atoms in total. The van der Waals surface area contributed by atoms with E-state index in [0.29, 0.717) is 6.42 Å². The average molecular weight is 453 g/mol. The number of rotatable bonds is 4. The van der Waals surface area contributed by atoms with Gasteiger partial charge in [0.2, 0.25) is 11.1 Å². The van der Waals surface area contributed by atoms with E-state index >= 15 is 0 Å². The molecule has 4 aromatic rings. The Morgan fingerprint density at radius 1 is 1.03 bits per heavy atom. The summed E-state index contributed by atoms with van der Waals surface area (Å²) in [4.78, 5) is 17.8. The van der Waals surface area contributed by atoms with Gasteiger partial charge in [0.15, 0.2) is 5.78 Å². The molecule has 6 rings (SSSR count). The highest BCUT2D eigenvalue weighted by Gasteiger charge is 2.37. The van der Waals surface area contributed by atoms with Crippen LogP contribution in [-0.2, 0) is 10.5 Å². The van der Waals surface area contributed by atoms with Crippen molar-refractivity contribution in [1.29, 1.82) is 0 Å². The Morgan fingerprint density at radius 2 is 1.85 bits per heavy atom. The van der Waals surface area contributed by atoms with E-state index in [0.717, 1.165) is 52.1 Å². The summed E-state index contributed by atoms with van der Waals surface area (Å²) in [7, 11) is 0. The van der Waals surface area contributed by atoms with E-state index < -0.39 is 0 Å².